The molecule has 1 aliphatic rings. The maximum atomic E-state index is 12.5. The Morgan fingerprint density at radius 1 is 1.25 bits per heavy atom. The zero-order valence-electron chi connectivity index (χ0n) is 14.3. The summed E-state index contributed by atoms with van der Waals surface area (Å²) >= 11 is 0. The Balaban J connectivity index is 1.71. The van der Waals surface area contributed by atoms with Crippen LogP contribution in [0.2, 0.25) is 0 Å². The van der Waals surface area contributed by atoms with Crippen LogP contribution in [0.25, 0.3) is 0 Å². The second-order valence-electron chi connectivity index (χ2n) is 6.47. The van der Waals surface area contributed by atoms with Gasteiger partial charge in [0.1, 0.15) is 0 Å². The van der Waals surface area contributed by atoms with Crippen molar-refractivity contribution in [1.29, 1.82) is 0 Å². The van der Waals surface area contributed by atoms with E-state index in [1.54, 1.807) is 19.1 Å². The monoisotopic (exact) mass is 327 g/mol. The molecule has 0 saturated heterocycles. The minimum atomic E-state index is -0.718. The standard InChI is InChI=1S/C17H21N5O2/c1-11-9-10-22(20-11)14-7-5-13(6-8-14)15(23)19-17(3,4)16-18-12(2)24-21-16/h5-8H,9-10H2,1-4H3,(H,19,23). The van der Waals surface area contributed by atoms with E-state index in [1.807, 2.05) is 37.9 Å². The first-order valence-corrected chi connectivity index (χ1v) is 7.90. The number of hydrogen-bond acceptors (Lipinski definition) is 6. The highest BCUT2D eigenvalue weighted by molar-refractivity contribution is 5.95. The Hall–Kier alpha value is -2.70. The third-order valence-corrected chi connectivity index (χ3v) is 3.92. The van der Waals surface area contributed by atoms with Crippen molar-refractivity contribution < 1.29 is 9.32 Å². The van der Waals surface area contributed by atoms with Crippen molar-refractivity contribution in [2.75, 3.05) is 11.6 Å². The summed E-state index contributed by atoms with van der Waals surface area (Å²) < 4.78 is 4.99. The highest BCUT2D eigenvalue weighted by Crippen LogP contribution is 2.21. The Labute approximate surface area is 140 Å². The van der Waals surface area contributed by atoms with Crippen molar-refractivity contribution in [3.05, 3.63) is 41.5 Å². The van der Waals surface area contributed by atoms with Gasteiger partial charge >= 0.3 is 0 Å². The molecule has 1 aromatic heterocycles. The van der Waals surface area contributed by atoms with Crippen LogP contribution < -0.4 is 10.3 Å². The van der Waals surface area contributed by atoms with Crippen molar-refractivity contribution in [3.8, 4) is 0 Å². The lowest BCUT2D eigenvalue weighted by atomic mass is 10.0. The molecule has 0 saturated carbocycles. The van der Waals surface area contributed by atoms with E-state index in [4.69, 9.17) is 4.52 Å². The number of carbonyl (C=O) groups excluding carboxylic acids is 1. The van der Waals surface area contributed by atoms with Gasteiger partial charge in [-0.05, 0) is 45.0 Å². The van der Waals surface area contributed by atoms with Gasteiger partial charge in [0, 0.05) is 31.2 Å². The number of carbonyl (C=O) groups is 1. The molecule has 0 fully saturated rings. The van der Waals surface area contributed by atoms with Gasteiger partial charge in [0.2, 0.25) is 5.89 Å². The van der Waals surface area contributed by atoms with Gasteiger partial charge in [0.05, 0.1) is 11.2 Å². The van der Waals surface area contributed by atoms with E-state index in [0.29, 0.717) is 17.3 Å². The lowest BCUT2D eigenvalue weighted by Crippen LogP contribution is -2.41. The Morgan fingerprint density at radius 3 is 2.50 bits per heavy atom. The topological polar surface area (TPSA) is 83.6 Å². The molecule has 0 spiro atoms. The number of aromatic nitrogens is 2. The summed E-state index contributed by atoms with van der Waals surface area (Å²) in [4.78, 5) is 16.7. The van der Waals surface area contributed by atoms with Crippen LogP contribution in [0.5, 0.6) is 0 Å². The molecule has 1 aromatic carbocycles. The third-order valence-electron chi connectivity index (χ3n) is 3.92. The number of rotatable bonds is 4. The number of aryl methyl sites for hydroxylation is 1. The zero-order valence-corrected chi connectivity index (χ0v) is 14.3. The van der Waals surface area contributed by atoms with Gasteiger partial charge in [-0.1, -0.05) is 5.16 Å². The largest absolute Gasteiger partial charge is 0.340 e. The van der Waals surface area contributed by atoms with Gasteiger partial charge < -0.3 is 9.84 Å². The molecule has 24 heavy (non-hydrogen) atoms. The van der Waals surface area contributed by atoms with Crippen LogP contribution in [0, 0.1) is 6.92 Å². The molecule has 0 unspecified atom stereocenters. The van der Waals surface area contributed by atoms with Crippen molar-refractivity contribution >= 4 is 17.3 Å². The lowest BCUT2D eigenvalue weighted by Gasteiger charge is -2.22. The number of amides is 1. The molecule has 1 aliphatic heterocycles. The average Bonchev–Trinajstić information content (AvgIpc) is 3.16. The van der Waals surface area contributed by atoms with Crippen molar-refractivity contribution in [3.63, 3.8) is 0 Å². The first-order chi connectivity index (χ1) is 11.3. The van der Waals surface area contributed by atoms with Crippen LogP contribution >= 0.6 is 0 Å². The summed E-state index contributed by atoms with van der Waals surface area (Å²) in [7, 11) is 0. The summed E-state index contributed by atoms with van der Waals surface area (Å²) in [6.45, 7) is 8.29. The van der Waals surface area contributed by atoms with Crippen molar-refractivity contribution in [1.82, 2.24) is 15.5 Å². The van der Waals surface area contributed by atoms with E-state index >= 15 is 0 Å². The predicted molar refractivity (Wildman–Crippen MR) is 91.0 cm³/mol. The zero-order chi connectivity index (χ0) is 17.3. The van der Waals surface area contributed by atoms with Gasteiger partial charge in [0.15, 0.2) is 5.82 Å². The molecule has 3 rings (SSSR count). The molecular formula is C17H21N5O2. The fourth-order valence-electron chi connectivity index (χ4n) is 2.51. The Morgan fingerprint density at radius 2 is 1.96 bits per heavy atom. The van der Waals surface area contributed by atoms with E-state index < -0.39 is 5.54 Å². The SMILES string of the molecule is CC1=NN(c2ccc(C(=O)NC(C)(C)c3noc(C)n3)cc2)CC1. The summed E-state index contributed by atoms with van der Waals surface area (Å²) in [5.74, 6) is 0.736. The number of benzene rings is 1. The molecule has 1 amide bonds. The normalized spacial score (nSPS) is 14.7. The molecule has 0 bridgehead atoms. The van der Waals surface area contributed by atoms with E-state index in [1.165, 1.54) is 0 Å². The van der Waals surface area contributed by atoms with Crippen LogP contribution in [-0.4, -0.2) is 28.3 Å². The summed E-state index contributed by atoms with van der Waals surface area (Å²) in [6.07, 6.45) is 0.973. The number of nitrogens with one attached hydrogen (secondary N) is 1. The lowest BCUT2D eigenvalue weighted by molar-refractivity contribution is 0.0907. The van der Waals surface area contributed by atoms with Gasteiger partial charge in [-0.15, -0.1) is 0 Å². The first-order valence-electron chi connectivity index (χ1n) is 7.90. The number of hydrazone groups is 1. The van der Waals surface area contributed by atoms with E-state index in [2.05, 4.69) is 20.6 Å². The van der Waals surface area contributed by atoms with Gasteiger partial charge in [0.25, 0.3) is 5.91 Å². The molecule has 0 atom stereocenters. The molecule has 2 heterocycles. The highest BCUT2D eigenvalue weighted by atomic mass is 16.5. The summed E-state index contributed by atoms with van der Waals surface area (Å²) in [5.41, 5.74) is 1.96. The van der Waals surface area contributed by atoms with Crippen LogP contribution in [-0.2, 0) is 5.54 Å². The van der Waals surface area contributed by atoms with Crippen LogP contribution in [0.4, 0.5) is 5.69 Å². The minimum absolute atomic E-state index is 0.185. The maximum Gasteiger partial charge on any atom is 0.252 e. The molecular weight excluding hydrogens is 306 g/mol. The van der Waals surface area contributed by atoms with Gasteiger partial charge in [-0.3, -0.25) is 9.80 Å². The number of anilines is 1. The molecule has 7 nitrogen and oxygen atoms in total. The van der Waals surface area contributed by atoms with E-state index in [9.17, 15) is 4.79 Å². The Bertz CT molecular complexity index is 777. The average molecular weight is 327 g/mol. The van der Waals surface area contributed by atoms with Crippen LogP contribution in [0.1, 0.15) is 49.3 Å². The fourth-order valence-corrected chi connectivity index (χ4v) is 2.51. The maximum absolute atomic E-state index is 12.5. The molecule has 126 valence electrons. The fraction of sp³-hybridized carbons (Fsp3) is 0.412. The molecule has 0 aliphatic carbocycles. The third kappa shape index (κ3) is 3.29. The smallest absolute Gasteiger partial charge is 0.252 e. The number of hydrogen-bond donors (Lipinski definition) is 1. The second kappa shape index (κ2) is 6.07. The summed E-state index contributed by atoms with van der Waals surface area (Å²) in [6, 6.07) is 7.40. The molecule has 2 aromatic rings. The first kappa shape index (κ1) is 16.2. The van der Waals surface area contributed by atoms with Crippen molar-refractivity contribution in [2.45, 2.75) is 39.7 Å². The van der Waals surface area contributed by atoms with E-state index in [-0.39, 0.29) is 5.91 Å². The Kier molecular flexibility index (Phi) is 4.09. The minimum Gasteiger partial charge on any atom is -0.340 e. The summed E-state index contributed by atoms with van der Waals surface area (Å²) in [5, 5.41) is 13.2. The van der Waals surface area contributed by atoms with Crippen molar-refractivity contribution in [2.24, 2.45) is 5.10 Å². The van der Waals surface area contributed by atoms with Crippen LogP contribution in [0.3, 0.4) is 0 Å². The van der Waals surface area contributed by atoms with Crippen LogP contribution in [0.15, 0.2) is 33.9 Å². The molecule has 7 heteroatoms. The second-order valence-corrected chi connectivity index (χ2v) is 6.47. The quantitative estimate of drug-likeness (QED) is 0.933. The highest BCUT2D eigenvalue weighted by Gasteiger charge is 2.28. The molecule has 0 radical (unpaired) electrons. The van der Waals surface area contributed by atoms with E-state index in [0.717, 1.165) is 24.4 Å². The van der Waals surface area contributed by atoms with Gasteiger partial charge in [-0.25, -0.2) is 0 Å². The van der Waals surface area contributed by atoms with Gasteiger partial charge in [-0.2, -0.15) is 10.1 Å². The number of nitrogens with zero attached hydrogens (tertiary/aromatic N) is 4. The predicted octanol–water partition coefficient (Wildman–Crippen LogP) is 2.63. The molecule has 1 N–H and O–H groups in total.